The molecule has 0 amide bonds. The number of aliphatic imine (C=N–C) groups is 1. The topological polar surface area (TPSA) is 91.7 Å². The van der Waals surface area contributed by atoms with Gasteiger partial charge in [-0.15, -0.1) is 0 Å². The minimum absolute atomic E-state index is 0.166. The first kappa shape index (κ1) is 9.24. The first-order valence-electron chi connectivity index (χ1n) is 3.78. The van der Waals surface area contributed by atoms with E-state index in [4.69, 9.17) is 11.5 Å². The van der Waals surface area contributed by atoms with E-state index in [0.29, 0.717) is 5.96 Å². The van der Waals surface area contributed by atoms with Crippen molar-refractivity contribution in [2.45, 2.75) is 19.0 Å². The van der Waals surface area contributed by atoms with Gasteiger partial charge in [0.2, 0.25) is 0 Å². The summed E-state index contributed by atoms with van der Waals surface area (Å²) in [5.41, 5.74) is 11.4. The van der Waals surface area contributed by atoms with Gasteiger partial charge in [-0.3, -0.25) is 11.1 Å². The van der Waals surface area contributed by atoms with Gasteiger partial charge in [0.1, 0.15) is 5.79 Å². The Bertz CT molecular complexity index is 198. The first-order chi connectivity index (χ1) is 5.47. The number of hydrogen-bond acceptors (Lipinski definition) is 6. The molecule has 6 heteroatoms. The van der Waals surface area contributed by atoms with Crippen LogP contribution in [0.1, 0.15) is 6.92 Å². The van der Waals surface area contributed by atoms with Crippen LogP contribution in [0.5, 0.6) is 0 Å². The van der Waals surface area contributed by atoms with Crippen LogP contribution in [0.2, 0.25) is 0 Å². The van der Waals surface area contributed by atoms with Crippen molar-refractivity contribution in [3.63, 3.8) is 0 Å². The lowest BCUT2D eigenvalue weighted by Crippen LogP contribution is -2.72. The Morgan fingerprint density at radius 3 is 2.83 bits per heavy atom. The molecule has 6 N–H and O–H groups in total. The molecule has 70 valence electrons. The Balaban J connectivity index is 2.85. The highest BCUT2D eigenvalue weighted by atomic mass is 15.5. The Morgan fingerprint density at radius 1 is 1.75 bits per heavy atom. The average Bonchev–Trinajstić information content (AvgIpc) is 1.96. The Kier molecular flexibility index (Phi) is 2.22. The van der Waals surface area contributed by atoms with Gasteiger partial charge in [0.15, 0.2) is 12.2 Å². The van der Waals surface area contributed by atoms with Crippen molar-refractivity contribution in [3.8, 4) is 0 Å². The molecule has 0 aromatic heterocycles. The second-order valence-corrected chi connectivity index (χ2v) is 3.06. The fourth-order valence-corrected chi connectivity index (χ4v) is 1.11. The number of rotatable bonds is 1. The summed E-state index contributed by atoms with van der Waals surface area (Å²) in [4.78, 5) is 5.95. The van der Waals surface area contributed by atoms with Crippen molar-refractivity contribution >= 4 is 5.96 Å². The van der Waals surface area contributed by atoms with Crippen molar-refractivity contribution in [2.75, 3.05) is 14.1 Å². The van der Waals surface area contributed by atoms with Gasteiger partial charge in [-0.05, 0) is 21.0 Å². The van der Waals surface area contributed by atoms with Gasteiger partial charge in [0.25, 0.3) is 0 Å². The van der Waals surface area contributed by atoms with Gasteiger partial charge in [-0.25, -0.2) is 9.89 Å². The van der Waals surface area contributed by atoms with E-state index in [9.17, 15) is 0 Å². The van der Waals surface area contributed by atoms with Gasteiger partial charge in [0.05, 0.1) is 0 Å². The fourth-order valence-electron chi connectivity index (χ4n) is 1.11. The summed E-state index contributed by atoms with van der Waals surface area (Å²) in [5.74, 6) is -0.295. The summed E-state index contributed by atoms with van der Waals surface area (Å²) < 4.78 is 0. The van der Waals surface area contributed by atoms with E-state index in [1.165, 1.54) is 0 Å². The van der Waals surface area contributed by atoms with E-state index in [1.54, 1.807) is 7.05 Å². The van der Waals surface area contributed by atoms with Gasteiger partial charge in [0, 0.05) is 0 Å². The third-order valence-electron chi connectivity index (χ3n) is 2.00. The minimum atomic E-state index is -0.653. The van der Waals surface area contributed by atoms with E-state index in [-0.39, 0.29) is 6.29 Å². The van der Waals surface area contributed by atoms with Gasteiger partial charge < -0.3 is 11.1 Å². The zero-order valence-corrected chi connectivity index (χ0v) is 7.63. The lowest BCUT2D eigenvalue weighted by Gasteiger charge is -2.42. The molecule has 0 spiro atoms. The van der Waals surface area contributed by atoms with Gasteiger partial charge >= 0.3 is 0 Å². The molecule has 0 fully saturated rings. The van der Waals surface area contributed by atoms with Crippen molar-refractivity contribution < 1.29 is 0 Å². The molecule has 1 aliphatic rings. The summed E-state index contributed by atoms with van der Waals surface area (Å²) in [6.45, 7) is 1.83. The van der Waals surface area contributed by atoms with E-state index in [0.717, 1.165) is 0 Å². The largest absolute Gasteiger partial charge is 0.370 e. The maximum Gasteiger partial charge on any atom is 0.193 e. The van der Waals surface area contributed by atoms with Crippen LogP contribution in [0, 0.1) is 0 Å². The predicted octanol–water partition coefficient (Wildman–Crippen LogP) is -2.03. The predicted molar refractivity (Wildman–Crippen MR) is 48.0 cm³/mol. The zero-order valence-electron chi connectivity index (χ0n) is 7.63. The Morgan fingerprint density at radius 2 is 2.33 bits per heavy atom. The zero-order chi connectivity index (χ0) is 9.35. The highest BCUT2D eigenvalue weighted by molar-refractivity contribution is 5.79. The monoisotopic (exact) mass is 172 g/mol. The third-order valence-corrected chi connectivity index (χ3v) is 2.00. The number of nitrogens with zero attached hydrogens (tertiary/aromatic N) is 2. The molecule has 6 nitrogen and oxygen atoms in total. The molecule has 0 aromatic carbocycles. The van der Waals surface area contributed by atoms with E-state index in [2.05, 4.69) is 15.6 Å². The molecule has 0 aromatic rings. The summed E-state index contributed by atoms with van der Waals surface area (Å²) in [5, 5.41) is 5.84. The SMILES string of the molecule is CNC1N=C(N)NC(C)(N)N1C. The minimum Gasteiger partial charge on any atom is -0.370 e. The molecular weight excluding hydrogens is 156 g/mol. The highest BCUT2D eigenvalue weighted by Crippen LogP contribution is 2.09. The van der Waals surface area contributed by atoms with Gasteiger partial charge in [-0.1, -0.05) is 0 Å². The molecule has 0 radical (unpaired) electrons. The van der Waals surface area contributed by atoms with E-state index < -0.39 is 5.79 Å². The number of nitrogens with two attached hydrogens (primary N) is 2. The fraction of sp³-hybridized carbons (Fsp3) is 0.833. The van der Waals surface area contributed by atoms with Crippen molar-refractivity contribution in [2.24, 2.45) is 16.5 Å². The molecular formula is C6H16N6. The van der Waals surface area contributed by atoms with Crippen molar-refractivity contribution in [1.29, 1.82) is 0 Å². The standard InChI is InChI=1S/C6H16N6/c1-6(8)11-4(7)10-5(9-2)12(6)3/h5,9H,8H2,1-3H3,(H3,7,10,11). The summed E-state index contributed by atoms with van der Waals surface area (Å²) >= 11 is 0. The van der Waals surface area contributed by atoms with Crippen molar-refractivity contribution in [3.05, 3.63) is 0 Å². The third kappa shape index (κ3) is 1.50. The molecule has 2 atom stereocenters. The Hall–Kier alpha value is -0.850. The normalized spacial score (nSPS) is 37.3. The molecule has 1 heterocycles. The van der Waals surface area contributed by atoms with Crippen LogP contribution in [0.4, 0.5) is 0 Å². The summed E-state index contributed by atoms with van der Waals surface area (Å²) in [6.07, 6.45) is -0.166. The Labute approximate surface area is 72.0 Å². The lowest BCUT2D eigenvalue weighted by atomic mass is 10.3. The smallest absolute Gasteiger partial charge is 0.193 e. The van der Waals surface area contributed by atoms with E-state index >= 15 is 0 Å². The van der Waals surface area contributed by atoms with Crippen LogP contribution in [0.25, 0.3) is 0 Å². The maximum atomic E-state index is 5.89. The average molecular weight is 172 g/mol. The molecule has 12 heavy (non-hydrogen) atoms. The van der Waals surface area contributed by atoms with Crippen LogP contribution < -0.4 is 22.1 Å². The quantitative estimate of drug-likeness (QED) is 0.366. The van der Waals surface area contributed by atoms with Gasteiger partial charge in [-0.2, -0.15) is 0 Å². The summed E-state index contributed by atoms with van der Waals surface area (Å²) in [6, 6.07) is 0. The van der Waals surface area contributed by atoms with Crippen LogP contribution in [-0.4, -0.2) is 37.0 Å². The number of nitrogens with one attached hydrogen (secondary N) is 2. The van der Waals surface area contributed by atoms with Crippen LogP contribution in [-0.2, 0) is 0 Å². The highest BCUT2D eigenvalue weighted by Gasteiger charge is 2.33. The molecule has 2 unspecified atom stereocenters. The second-order valence-electron chi connectivity index (χ2n) is 3.06. The number of hydrogen-bond donors (Lipinski definition) is 4. The molecule has 1 rings (SSSR count). The van der Waals surface area contributed by atoms with Crippen LogP contribution in [0.3, 0.4) is 0 Å². The van der Waals surface area contributed by atoms with Crippen LogP contribution >= 0.6 is 0 Å². The lowest BCUT2D eigenvalue weighted by molar-refractivity contribution is 0.0552. The van der Waals surface area contributed by atoms with Crippen LogP contribution in [0.15, 0.2) is 4.99 Å². The first-order valence-corrected chi connectivity index (χ1v) is 3.78. The van der Waals surface area contributed by atoms with E-state index in [1.807, 2.05) is 18.9 Å². The number of guanidine groups is 1. The molecule has 1 aliphatic heterocycles. The summed E-state index contributed by atoms with van der Waals surface area (Å²) in [7, 11) is 3.67. The molecule has 0 saturated carbocycles. The molecule has 0 aliphatic carbocycles. The van der Waals surface area contributed by atoms with Crippen molar-refractivity contribution in [1.82, 2.24) is 15.5 Å². The molecule has 0 saturated heterocycles. The maximum absolute atomic E-state index is 5.89. The second kappa shape index (κ2) is 2.89. The molecule has 0 bridgehead atoms.